The van der Waals surface area contributed by atoms with Crippen molar-refractivity contribution in [1.29, 1.82) is 0 Å². The Morgan fingerprint density at radius 3 is 2.36 bits per heavy atom. The number of nitrogens with one attached hydrogen (secondary N) is 1. The van der Waals surface area contributed by atoms with E-state index in [1.807, 2.05) is 24.3 Å². The van der Waals surface area contributed by atoms with E-state index < -0.39 is 11.0 Å². The number of rotatable bonds is 6. The Hall–Kier alpha value is -4.44. The molecule has 7 nitrogen and oxygen atoms in total. The highest BCUT2D eigenvalue weighted by Gasteiger charge is 2.28. The minimum Gasteiger partial charge on any atom is -0.449 e. The van der Waals surface area contributed by atoms with E-state index in [-0.39, 0.29) is 30.3 Å². The molecule has 3 aromatic carbocycles. The van der Waals surface area contributed by atoms with E-state index in [1.54, 1.807) is 0 Å². The molecule has 33 heavy (non-hydrogen) atoms. The van der Waals surface area contributed by atoms with Crippen LogP contribution in [0.4, 0.5) is 10.5 Å². The Morgan fingerprint density at radius 2 is 1.73 bits per heavy atom. The first-order chi connectivity index (χ1) is 16.1. The van der Waals surface area contributed by atoms with E-state index in [2.05, 4.69) is 41.4 Å². The van der Waals surface area contributed by atoms with E-state index in [9.17, 15) is 19.7 Å². The molecule has 1 aliphatic rings. The van der Waals surface area contributed by atoms with Crippen LogP contribution in [-0.2, 0) is 4.74 Å². The summed E-state index contributed by atoms with van der Waals surface area (Å²) in [6.07, 6.45) is 0.275. The van der Waals surface area contributed by atoms with Crippen molar-refractivity contribution in [3.8, 4) is 23.0 Å². The smallest absolute Gasteiger partial charge is 0.407 e. The second kappa shape index (κ2) is 9.79. The number of ether oxygens (including phenoxy) is 1. The molecule has 0 fully saturated rings. The van der Waals surface area contributed by atoms with Crippen molar-refractivity contribution in [2.45, 2.75) is 12.3 Å². The van der Waals surface area contributed by atoms with E-state index in [0.29, 0.717) is 18.3 Å². The molecule has 164 valence electrons. The van der Waals surface area contributed by atoms with Gasteiger partial charge in [0.2, 0.25) is 0 Å². The standard InChI is InChI=1S/C26H20N2O5/c29-16-19-15-18(12-13-25(19)28(31)32)7-5-6-14-27-26(30)33-17-24-22-10-3-1-8-20(22)21-9-2-4-11-23(21)24/h1-4,8-13,15-16,24H,6,14,17H2,(H,27,30). The second-order valence-corrected chi connectivity index (χ2v) is 7.45. The molecule has 1 aliphatic carbocycles. The zero-order chi connectivity index (χ0) is 23.2. The summed E-state index contributed by atoms with van der Waals surface area (Å²) in [5.74, 6) is 5.71. The highest BCUT2D eigenvalue weighted by molar-refractivity contribution is 5.82. The monoisotopic (exact) mass is 440 g/mol. The Balaban J connectivity index is 1.29. The molecule has 0 atom stereocenters. The van der Waals surface area contributed by atoms with Gasteiger partial charge in [-0.05, 0) is 34.4 Å². The largest absolute Gasteiger partial charge is 0.449 e. The third-order valence-corrected chi connectivity index (χ3v) is 5.45. The normalized spacial score (nSPS) is 11.5. The zero-order valence-electron chi connectivity index (χ0n) is 17.6. The number of carbonyl (C=O) groups is 2. The summed E-state index contributed by atoms with van der Waals surface area (Å²) in [6, 6.07) is 20.4. The van der Waals surface area contributed by atoms with Gasteiger partial charge in [0.25, 0.3) is 5.69 Å². The fourth-order valence-electron chi connectivity index (χ4n) is 3.93. The average Bonchev–Trinajstić information content (AvgIpc) is 3.16. The first-order valence-electron chi connectivity index (χ1n) is 10.4. The van der Waals surface area contributed by atoms with E-state index in [1.165, 1.54) is 29.3 Å². The molecule has 3 aromatic rings. The number of nitro groups is 1. The number of hydrogen-bond donors (Lipinski definition) is 1. The fourth-order valence-corrected chi connectivity index (χ4v) is 3.93. The van der Waals surface area contributed by atoms with Crippen molar-refractivity contribution in [3.05, 3.63) is 99.1 Å². The number of alkyl carbamates (subject to hydrolysis) is 1. The maximum absolute atomic E-state index is 12.2. The molecule has 0 heterocycles. The predicted octanol–water partition coefficient (Wildman–Crippen LogP) is 4.69. The molecule has 4 rings (SSSR count). The average molecular weight is 440 g/mol. The molecular formula is C26H20N2O5. The van der Waals surface area contributed by atoms with Gasteiger partial charge in [-0.3, -0.25) is 14.9 Å². The van der Waals surface area contributed by atoms with Gasteiger partial charge in [0.05, 0.1) is 10.5 Å². The Bertz CT molecular complexity index is 1240. The predicted molar refractivity (Wildman–Crippen MR) is 123 cm³/mol. The van der Waals surface area contributed by atoms with Gasteiger partial charge in [-0.2, -0.15) is 0 Å². The summed E-state index contributed by atoms with van der Waals surface area (Å²) in [5.41, 5.74) is 4.84. The number of hydrogen-bond acceptors (Lipinski definition) is 5. The maximum Gasteiger partial charge on any atom is 0.407 e. The molecule has 0 saturated carbocycles. The van der Waals surface area contributed by atoms with Crippen molar-refractivity contribution < 1.29 is 19.2 Å². The number of fused-ring (bicyclic) bond motifs is 3. The second-order valence-electron chi connectivity index (χ2n) is 7.45. The number of aldehydes is 1. The molecule has 0 bridgehead atoms. The van der Waals surface area contributed by atoms with Crippen LogP contribution in [0.2, 0.25) is 0 Å². The summed E-state index contributed by atoms with van der Waals surface area (Å²) < 4.78 is 5.47. The van der Waals surface area contributed by atoms with Crippen LogP contribution in [0.15, 0.2) is 66.7 Å². The first kappa shape index (κ1) is 21.8. The van der Waals surface area contributed by atoms with Crippen LogP contribution in [0.25, 0.3) is 11.1 Å². The van der Waals surface area contributed by atoms with Gasteiger partial charge in [0.1, 0.15) is 6.61 Å². The SMILES string of the molecule is O=Cc1cc(C#CCCNC(=O)OCC2c3ccccc3-c3ccccc32)ccc1[N+](=O)[O-]. The van der Waals surface area contributed by atoms with Gasteiger partial charge in [-0.1, -0.05) is 60.4 Å². The zero-order valence-corrected chi connectivity index (χ0v) is 17.6. The van der Waals surface area contributed by atoms with Gasteiger partial charge in [0, 0.05) is 30.5 Å². The van der Waals surface area contributed by atoms with Crippen LogP contribution in [0.5, 0.6) is 0 Å². The lowest BCUT2D eigenvalue weighted by Gasteiger charge is -2.14. The Kier molecular flexibility index (Phi) is 6.46. The molecule has 0 spiro atoms. The lowest BCUT2D eigenvalue weighted by Crippen LogP contribution is -2.26. The fraction of sp³-hybridized carbons (Fsp3) is 0.154. The molecule has 7 heteroatoms. The van der Waals surface area contributed by atoms with Crippen molar-refractivity contribution in [2.75, 3.05) is 13.2 Å². The van der Waals surface area contributed by atoms with Crippen molar-refractivity contribution in [2.24, 2.45) is 0 Å². The highest BCUT2D eigenvalue weighted by Crippen LogP contribution is 2.44. The summed E-state index contributed by atoms with van der Waals surface area (Å²) in [5, 5.41) is 13.6. The van der Waals surface area contributed by atoms with Crippen molar-refractivity contribution in [1.82, 2.24) is 5.32 Å². The van der Waals surface area contributed by atoms with Gasteiger partial charge >= 0.3 is 6.09 Å². The van der Waals surface area contributed by atoms with Crippen molar-refractivity contribution in [3.63, 3.8) is 0 Å². The van der Waals surface area contributed by atoms with Gasteiger partial charge in [-0.25, -0.2) is 4.79 Å². The lowest BCUT2D eigenvalue weighted by molar-refractivity contribution is -0.385. The van der Waals surface area contributed by atoms with E-state index >= 15 is 0 Å². The molecule has 0 saturated heterocycles. The maximum atomic E-state index is 12.2. The van der Waals surface area contributed by atoms with Crippen LogP contribution in [0, 0.1) is 22.0 Å². The molecule has 0 unspecified atom stereocenters. The van der Waals surface area contributed by atoms with E-state index in [4.69, 9.17) is 4.74 Å². The van der Waals surface area contributed by atoms with Gasteiger partial charge in [-0.15, -0.1) is 0 Å². The summed E-state index contributed by atoms with van der Waals surface area (Å²) in [4.78, 5) is 33.4. The third kappa shape index (κ3) is 4.75. The molecule has 0 aromatic heterocycles. The third-order valence-electron chi connectivity index (χ3n) is 5.45. The highest BCUT2D eigenvalue weighted by atomic mass is 16.6. The number of nitro benzene ring substituents is 1. The van der Waals surface area contributed by atoms with Crippen LogP contribution >= 0.6 is 0 Å². The quantitative estimate of drug-likeness (QED) is 0.197. The number of carbonyl (C=O) groups excluding carboxylic acids is 2. The molecule has 1 N–H and O–H groups in total. The molecule has 0 aliphatic heterocycles. The lowest BCUT2D eigenvalue weighted by atomic mass is 9.98. The number of nitrogens with zero attached hydrogens (tertiary/aromatic N) is 1. The summed E-state index contributed by atoms with van der Waals surface area (Å²) >= 11 is 0. The topological polar surface area (TPSA) is 98.5 Å². The molecule has 1 amide bonds. The Morgan fingerprint density at radius 1 is 1.06 bits per heavy atom. The van der Waals surface area contributed by atoms with Crippen LogP contribution < -0.4 is 5.32 Å². The van der Waals surface area contributed by atoms with Gasteiger partial charge < -0.3 is 10.1 Å². The number of benzene rings is 3. The first-order valence-corrected chi connectivity index (χ1v) is 10.4. The Labute approximate surface area is 190 Å². The van der Waals surface area contributed by atoms with Crippen LogP contribution in [0.1, 0.15) is 39.4 Å². The van der Waals surface area contributed by atoms with Crippen LogP contribution in [-0.4, -0.2) is 30.5 Å². The minimum atomic E-state index is -0.612. The molecule has 0 radical (unpaired) electrons. The summed E-state index contributed by atoms with van der Waals surface area (Å²) in [7, 11) is 0. The number of amides is 1. The molecular weight excluding hydrogens is 420 g/mol. The van der Waals surface area contributed by atoms with Crippen LogP contribution in [0.3, 0.4) is 0 Å². The summed E-state index contributed by atoms with van der Waals surface area (Å²) in [6.45, 7) is 0.528. The minimum absolute atomic E-state index is 0.00269. The van der Waals surface area contributed by atoms with Crippen molar-refractivity contribution >= 4 is 18.1 Å². The van der Waals surface area contributed by atoms with Gasteiger partial charge in [0.15, 0.2) is 6.29 Å². The van der Waals surface area contributed by atoms with E-state index in [0.717, 1.165) is 11.1 Å².